The first-order valence-corrected chi connectivity index (χ1v) is 24.5. The van der Waals surface area contributed by atoms with E-state index in [2.05, 4.69) is 235 Å². The highest BCUT2D eigenvalue weighted by Gasteiger charge is 2.31. The van der Waals surface area contributed by atoms with E-state index in [4.69, 9.17) is 8.83 Å². The standard InChI is InChI=1S/C64H56N2O2/c1-37(2)43-27-31-49-45-23-15-17-25-57(45)67-63(49)61(43)65(41-19-11-9-12-20-41)55-35-53(39(5)6)47-30-34-52-56(36-54(40(7)8)48-29-33-51(55)59(47)60(48)52)66(42-21-13-10-14-22-42)62-44(38(3)4)28-32-50-46-24-16-18-26-58(46)68-64(50)62/h9-40H,1-8H3. The number of furan rings is 2. The lowest BCUT2D eigenvalue weighted by Crippen LogP contribution is -2.15. The molecule has 4 heteroatoms. The van der Waals surface area contributed by atoms with Gasteiger partial charge in [0.05, 0.1) is 22.7 Å². The zero-order valence-electron chi connectivity index (χ0n) is 40.2. The molecular formula is C64H56N2O2. The van der Waals surface area contributed by atoms with Crippen molar-refractivity contribution in [3.63, 3.8) is 0 Å². The molecule has 0 atom stereocenters. The predicted octanol–water partition coefficient (Wildman–Crippen LogP) is 19.8. The molecule has 0 bridgehead atoms. The van der Waals surface area contributed by atoms with Crippen molar-refractivity contribution in [2.24, 2.45) is 0 Å². The third kappa shape index (κ3) is 6.34. The molecule has 0 fully saturated rings. The molecule has 0 aliphatic rings. The van der Waals surface area contributed by atoms with Crippen molar-refractivity contribution in [2.45, 2.75) is 79.1 Å². The van der Waals surface area contributed by atoms with Crippen molar-refractivity contribution in [1.29, 1.82) is 0 Å². The van der Waals surface area contributed by atoms with Crippen LogP contribution in [0.15, 0.2) is 179 Å². The Morgan fingerprint density at radius 3 is 1.03 bits per heavy atom. The monoisotopic (exact) mass is 884 g/mol. The van der Waals surface area contributed by atoms with Crippen LogP contribution in [0.3, 0.4) is 0 Å². The van der Waals surface area contributed by atoms with Gasteiger partial charge < -0.3 is 18.6 Å². The van der Waals surface area contributed by atoms with Crippen molar-refractivity contribution >= 4 is 110 Å². The SMILES string of the molecule is CC(C)c1ccc2c(oc3ccccc32)c1N(c1ccccc1)c1cc(C(C)C)c2ccc3c(N(c4ccccc4)c4c(C(C)C)ccc5c4oc4ccccc45)cc(C(C)C)c4ccc1c2c43. The number of nitrogens with zero attached hydrogens (tertiary/aromatic N) is 2. The minimum absolute atomic E-state index is 0.227. The Hall–Kier alpha value is -7.56. The summed E-state index contributed by atoms with van der Waals surface area (Å²) in [6.07, 6.45) is 0. The first-order valence-electron chi connectivity index (χ1n) is 24.5. The zero-order valence-corrected chi connectivity index (χ0v) is 40.2. The second-order valence-corrected chi connectivity index (χ2v) is 20.0. The van der Waals surface area contributed by atoms with Gasteiger partial charge in [-0.05, 0) is 116 Å². The topological polar surface area (TPSA) is 32.8 Å². The van der Waals surface area contributed by atoms with E-state index < -0.39 is 0 Å². The third-order valence-electron chi connectivity index (χ3n) is 14.5. The van der Waals surface area contributed by atoms with Crippen molar-refractivity contribution in [3.05, 3.63) is 192 Å². The van der Waals surface area contributed by atoms with Gasteiger partial charge in [-0.15, -0.1) is 0 Å². The number of para-hydroxylation sites is 4. The van der Waals surface area contributed by atoms with Crippen molar-refractivity contribution in [3.8, 4) is 0 Å². The molecule has 0 radical (unpaired) electrons. The highest BCUT2D eigenvalue weighted by Crippen LogP contribution is 2.54. The third-order valence-corrected chi connectivity index (χ3v) is 14.5. The Morgan fingerprint density at radius 1 is 0.309 bits per heavy atom. The molecule has 2 heterocycles. The summed E-state index contributed by atoms with van der Waals surface area (Å²) < 4.78 is 14.0. The lowest BCUT2D eigenvalue weighted by molar-refractivity contribution is 0.667. The molecular weight excluding hydrogens is 829 g/mol. The van der Waals surface area contributed by atoms with Crippen LogP contribution in [-0.2, 0) is 0 Å². The summed E-state index contributed by atoms with van der Waals surface area (Å²) >= 11 is 0. The smallest absolute Gasteiger partial charge is 0.159 e. The molecule has 10 aromatic carbocycles. The maximum Gasteiger partial charge on any atom is 0.159 e. The highest BCUT2D eigenvalue weighted by atomic mass is 16.3. The van der Waals surface area contributed by atoms with Crippen molar-refractivity contribution < 1.29 is 8.83 Å². The van der Waals surface area contributed by atoms with Crippen LogP contribution >= 0.6 is 0 Å². The molecule has 0 unspecified atom stereocenters. The molecule has 0 amide bonds. The van der Waals surface area contributed by atoms with Gasteiger partial charge in [-0.2, -0.15) is 0 Å². The fourth-order valence-corrected chi connectivity index (χ4v) is 11.2. The summed E-state index contributed by atoms with van der Waals surface area (Å²) in [7, 11) is 0. The van der Waals surface area contributed by atoms with Gasteiger partial charge in [0.2, 0.25) is 0 Å². The minimum Gasteiger partial charge on any atom is -0.454 e. The second-order valence-electron chi connectivity index (χ2n) is 20.0. The van der Waals surface area contributed by atoms with Gasteiger partial charge in [0.1, 0.15) is 11.2 Å². The fourth-order valence-electron chi connectivity index (χ4n) is 11.2. The largest absolute Gasteiger partial charge is 0.454 e. The molecule has 68 heavy (non-hydrogen) atoms. The summed E-state index contributed by atoms with van der Waals surface area (Å²) in [5.41, 5.74) is 15.3. The van der Waals surface area contributed by atoms with Gasteiger partial charge >= 0.3 is 0 Å². The van der Waals surface area contributed by atoms with Crippen LogP contribution in [0.2, 0.25) is 0 Å². The quantitative estimate of drug-likeness (QED) is 0.128. The Bertz CT molecular complexity index is 3620. The van der Waals surface area contributed by atoms with E-state index >= 15 is 0 Å². The molecule has 0 aliphatic carbocycles. The molecule has 0 saturated heterocycles. The molecule has 0 spiro atoms. The van der Waals surface area contributed by atoms with Gasteiger partial charge in [-0.1, -0.05) is 177 Å². The number of fused-ring (bicyclic) bond motifs is 6. The zero-order chi connectivity index (χ0) is 46.5. The molecule has 4 nitrogen and oxygen atoms in total. The minimum atomic E-state index is 0.227. The maximum absolute atomic E-state index is 6.99. The van der Waals surface area contributed by atoms with Gasteiger partial charge in [-0.25, -0.2) is 0 Å². The Kier molecular flexibility index (Phi) is 9.88. The molecule has 12 aromatic rings. The summed E-state index contributed by atoms with van der Waals surface area (Å²) in [6.45, 7) is 18.5. The lowest BCUT2D eigenvalue weighted by Gasteiger charge is -2.33. The summed E-state index contributed by atoms with van der Waals surface area (Å²) in [6, 6.07) is 62.5. The Balaban J connectivity index is 1.24. The molecule has 334 valence electrons. The van der Waals surface area contributed by atoms with E-state index in [1.54, 1.807) is 0 Å². The number of hydrogen-bond acceptors (Lipinski definition) is 4. The van der Waals surface area contributed by atoms with Crippen molar-refractivity contribution in [1.82, 2.24) is 0 Å². The summed E-state index contributed by atoms with van der Waals surface area (Å²) in [5, 5.41) is 12.0. The summed E-state index contributed by atoms with van der Waals surface area (Å²) in [5.74, 6) is 0.939. The van der Waals surface area contributed by atoms with Crippen molar-refractivity contribution in [2.75, 3.05) is 9.80 Å². The normalized spacial score (nSPS) is 12.4. The molecule has 0 N–H and O–H groups in total. The number of rotatable bonds is 10. The second kappa shape index (κ2) is 16.1. The van der Waals surface area contributed by atoms with Crippen LogP contribution < -0.4 is 9.80 Å². The van der Waals surface area contributed by atoms with E-state index in [0.29, 0.717) is 0 Å². The Labute approximate surface area is 398 Å². The average molecular weight is 885 g/mol. The van der Waals surface area contributed by atoms with Gasteiger partial charge in [-0.3, -0.25) is 0 Å². The summed E-state index contributed by atoms with van der Waals surface area (Å²) in [4.78, 5) is 5.02. The lowest BCUT2D eigenvalue weighted by atomic mass is 9.83. The van der Waals surface area contributed by atoms with Crippen LogP contribution in [0.4, 0.5) is 34.1 Å². The van der Waals surface area contributed by atoms with Crippen LogP contribution in [-0.4, -0.2) is 0 Å². The first-order chi connectivity index (χ1) is 33.1. The van der Waals surface area contributed by atoms with Crippen LogP contribution in [0.25, 0.3) is 76.2 Å². The van der Waals surface area contributed by atoms with E-state index in [-0.39, 0.29) is 23.7 Å². The van der Waals surface area contributed by atoms with Crippen LogP contribution in [0, 0.1) is 0 Å². The van der Waals surface area contributed by atoms with E-state index in [1.165, 1.54) is 54.6 Å². The number of hydrogen-bond donors (Lipinski definition) is 0. The average Bonchev–Trinajstić information content (AvgIpc) is 3.93. The van der Waals surface area contributed by atoms with Gasteiger partial charge in [0.25, 0.3) is 0 Å². The molecule has 0 aliphatic heterocycles. The van der Waals surface area contributed by atoms with Gasteiger partial charge in [0.15, 0.2) is 11.2 Å². The highest BCUT2D eigenvalue weighted by molar-refractivity contribution is 6.30. The fraction of sp³-hybridized carbons (Fsp3) is 0.188. The van der Waals surface area contributed by atoms with E-state index in [1.807, 2.05) is 0 Å². The number of anilines is 6. The molecule has 2 aromatic heterocycles. The van der Waals surface area contributed by atoms with E-state index in [9.17, 15) is 0 Å². The predicted molar refractivity (Wildman–Crippen MR) is 290 cm³/mol. The maximum atomic E-state index is 6.99. The number of benzene rings is 10. The first kappa shape index (κ1) is 41.8. The van der Waals surface area contributed by atoms with E-state index in [0.717, 1.165) is 78.0 Å². The van der Waals surface area contributed by atoms with Crippen LogP contribution in [0.1, 0.15) is 101 Å². The molecule has 12 rings (SSSR count). The van der Waals surface area contributed by atoms with Gasteiger partial charge in [0, 0.05) is 43.7 Å². The molecule has 0 saturated carbocycles. The Morgan fingerprint density at radius 2 is 0.647 bits per heavy atom. The van der Waals surface area contributed by atoms with Crippen LogP contribution in [0.5, 0.6) is 0 Å².